The number of anilines is 1. The first-order chi connectivity index (χ1) is 18.0. The van der Waals surface area contributed by atoms with Gasteiger partial charge in [0.2, 0.25) is 5.91 Å². The van der Waals surface area contributed by atoms with Crippen LogP contribution >= 0.6 is 0 Å². The third-order valence-corrected chi connectivity index (χ3v) is 6.33. The van der Waals surface area contributed by atoms with Gasteiger partial charge in [-0.15, -0.1) is 0 Å². The Kier molecular flexibility index (Phi) is 6.89. The van der Waals surface area contributed by atoms with Crippen LogP contribution < -0.4 is 5.32 Å². The Balaban J connectivity index is 1.49. The third kappa shape index (κ3) is 5.48. The maximum atomic E-state index is 13.8. The Morgan fingerprint density at radius 1 is 1.08 bits per heavy atom. The molecule has 1 aromatic heterocycles. The van der Waals surface area contributed by atoms with E-state index in [-0.39, 0.29) is 18.3 Å². The fourth-order valence-corrected chi connectivity index (χ4v) is 4.40. The summed E-state index contributed by atoms with van der Waals surface area (Å²) in [6.07, 6.45) is 6.23. The Morgan fingerprint density at radius 2 is 1.84 bits per heavy atom. The van der Waals surface area contributed by atoms with Crippen LogP contribution in [0.15, 0.2) is 90.4 Å². The molecule has 8 heteroatoms. The van der Waals surface area contributed by atoms with Gasteiger partial charge in [-0.05, 0) is 52.9 Å². The van der Waals surface area contributed by atoms with Crippen LogP contribution in [0.4, 0.5) is 15.8 Å². The Hall–Kier alpha value is -4.59. The minimum Gasteiger partial charge on any atom is -0.469 e. The molecule has 0 radical (unpaired) electrons. The van der Waals surface area contributed by atoms with Crippen molar-refractivity contribution in [3.63, 3.8) is 0 Å². The number of benzene rings is 3. The largest absolute Gasteiger partial charge is 0.469 e. The summed E-state index contributed by atoms with van der Waals surface area (Å²) in [5.74, 6) is -1.64. The zero-order chi connectivity index (χ0) is 25.8. The molecule has 0 spiro atoms. The molecule has 0 saturated carbocycles. The minimum atomic E-state index is -0.692. The summed E-state index contributed by atoms with van der Waals surface area (Å²) >= 11 is 0. The molecule has 1 amide bonds. The number of rotatable bonds is 8. The summed E-state index contributed by atoms with van der Waals surface area (Å²) < 4.78 is 20.5. The van der Waals surface area contributed by atoms with Crippen molar-refractivity contribution in [2.75, 3.05) is 12.4 Å². The first kappa shape index (κ1) is 24.1. The van der Waals surface area contributed by atoms with E-state index >= 15 is 0 Å². The Morgan fingerprint density at radius 3 is 2.54 bits per heavy atom. The molecule has 4 aromatic rings. The van der Waals surface area contributed by atoms with E-state index in [4.69, 9.17) is 9.73 Å². The lowest BCUT2D eigenvalue weighted by Gasteiger charge is -2.15. The number of carbonyl (C=O) groups excluding carboxylic acids is 2. The van der Waals surface area contributed by atoms with E-state index in [2.05, 4.69) is 10.3 Å². The molecule has 1 aliphatic rings. The van der Waals surface area contributed by atoms with Gasteiger partial charge < -0.3 is 14.6 Å². The van der Waals surface area contributed by atoms with E-state index in [0.717, 1.165) is 16.7 Å². The van der Waals surface area contributed by atoms with Crippen LogP contribution in [0.5, 0.6) is 0 Å². The van der Waals surface area contributed by atoms with Gasteiger partial charge in [0.1, 0.15) is 11.7 Å². The monoisotopic (exact) mass is 496 g/mol. The number of imidazole rings is 1. The van der Waals surface area contributed by atoms with Gasteiger partial charge in [-0.25, -0.2) is 9.37 Å². The standard InChI is InChI=1S/C29H25FN4O3/c1-37-26(35)13-6-19-2-7-21(8-3-19)28(27-24-12-9-22(30)16-25(24)33-29(27)36)32-23-10-4-20(5-11-23)17-34-15-14-31-18-34/h2-5,7-12,14-16,18,27H,6,13,17H2,1H3,(H,33,36). The van der Waals surface area contributed by atoms with Crippen LogP contribution in [-0.2, 0) is 27.3 Å². The van der Waals surface area contributed by atoms with Gasteiger partial charge in [0, 0.05) is 31.0 Å². The summed E-state index contributed by atoms with van der Waals surface area (Å²) in [5, 5.41) is 2.79. The number of amides is 1. The summed E-state index contributed by atoms with van der Waals surface area (Å²) in [5.41, 5.74) is 5.21. The van der Waals surface area contributed by atoms with Crippen LogP contribution in [-0.4, -0.2) is 34.2 Å². The zero-order valence-electron chi connectivity index (χ0n) is 20.2. The lowest BCUT2D eigenvalue weighted by molar-refractivity contribution is -0.140. The van der Waals surface area contributed by atoms with Gasteiger partial charge >= 0.3 is 5.97 Å². The number of nitrogens with zero attached hydrogens (tertiary/aromatic N) is 3. The number of methoxy groups -OCH3 is 1. The van der Waals surface area contributed by atoms with E-state index in [1.165, 1.54) is 19.2 Å². The van der Waals surface area contributed by atoms with Gasteiger partial charge in [0.05, 0.1) is 24.8 Å². The molecule has 186 valence electrons. The highest BCUT2D eigenvalue weighted by Crippen LogP contribution is 2.36. The van der Waals surface area contributed by atoms with Crippen molar-refractivity contribution in [3.8, 4) is 0 Å². The number of halogens is 1. The van der Waals surface area contributed by atoms with Crippen molar-refractivity contribution in [2.24, 2.45) is 4.99 Å². The van der Waals surface area contributed by atoms with Crippen LogP contribution in [0.1, 0.15) is 34.6 Å². The number of aliphatic imine (C=N–C) groups is 1. The highest BCUT2D eigenvalue weighted by atomic mass is 19.1. The van der Waals surface area contributed by atoms with E-state index in [1.54, 1.807) is 18.6 Å². The maximum Gasteiger partial charge on any atom is 0.305 e. The number of ether oxygens (including phenoxy) is 1. The molecular formula is C29H25FN4O3. The Labute approximate surface area is 213 Å². The second-order valence-corrected chi connectivity index (χ2v) is 8.83. The van der Waals surface area contributed by atoms with E-state index < -0.39 is 11.7 Å². The molecule has 7 nitrogen and oxygen atoms in total. The summed E-state index contributed by atoms with van der Waals surface area (Å²) in [6.45, 7) is 0.688. The fraction of sp³-hybridized carbons (Fsp3) is 0.172. The van der Waals surface area contributed by atoms with Crippen LogP contribution in [0, 0.1) is 5.82 Å². The second kappa shape index (κ2) is 10.6. The normalized spacial score (nSPS) is 14.8. The van der Waals surface area contributed by atoms with Gasteiger partial charge in [-0.3, -0.25) is 14.6 Å². The molecule has 1 aliphatic heterocycles. The quantitative estimate of drug-likeness (QED) is 0.274. The predicted octanol–water partition coefficient (Wildman–Crippen LogP) is 5.03. The van der Waals surface area contributed by atoms with Gasteiger partial charge in [0.25, 0.3) is 0 Å². The topological polar surface area (TPSA) is 85.6 Å². The van der Waals surface area contributed by atoms with Crippen molar-refractivity contribution in [1.82, 2.24) is 9.55 Å². The van der Waals surface area contributed by atoms with Crippen molar-refractivity contribution >= 4 is 29.0 Å². The number of aromatic nitrogens is 2. The molecule has 0 bridgehead atoms. The lowest BCUT2D eigenvalue weighted by Crippen LogP contribution is -2.22. The molecule has 5 rings (SSSR count). The first-order valence-electron chi connectivity index (χ1n) is 11.9. The van der Waals surface area contributed by atoms with Gasteiger partial charge in [-0.2, -0.15) is 0 Å². The van der Waals surface area contributed by atoms with Crippen molar-refractivity contribution in [1.29, 1.82) is 0 Å². The minimum absolute atomic E-state index is 0.258. The predicted molar refractivity (Wildman–Crippen MR) is 139 cm³/mol. The number of carbonyl (C=O) groups is 2. The van der Waals surface area contributed by atoms with Crippen molar-refractivity contribution < 1.29 is 18.7 Å². The lowest BCUT2D eigenvalue weighted by atomic mass is 9.90. The highest BCUT2D eigenvalue weighted by molar-refractivity contribution is 6.24. The van der Waals surface area contributed by atoms with E-state index in [9.17, 15) is 14.0 Å². The summed E-state index contributed by atoms with van der Waals surface area (Å²) in [6, 6.07) is 19.7. The average molecular weight is 497 g/mol. The molecule has 1 atom stereocenters. The molecule has 1 unspecified atom stereocenters. The van der Waals surface area contributed by atoms with Crippen LogP contribution in [0.2, 0.25) is 0 Å². The molecular weight excluding hydrogens is 471 g/mol. The van der Waals surface area contributed by atoms with E-state index in [1.807, 2.05) is 59.3 Å². The number of fused-ring (bicyclic) bond motifs is 1. The molecule has 2 heterocycles. The van der Waals surface area contributed by atoms with Gasteiger partial charge in [0.15, 0.2) is 0 Å². The smallest absolute Gasteiger partial charge is 0.305 e. The molecule has 37 heavy (non-hydrogen) atoms. The first-order valence-corrected chi connectivity index (χ1v) is 11.9. The third-order valence-electron chi connectivity index (χ3n) is 6.33. The second-order valence-electron chi connectivity index (χ2n) is 8.83. The number of hydrogen-bond donors (Lipinski definition) is 1. The van der Waals surface area contributed by atoms with Crippen LogP contribution in [0.3, 0.4) is 0 Å². The Bertz CT molecular complexity index is 1450. The number of aryl methyl sites for hydroxylation is 1. The van der Waals surface area contributed by atoms with Crippen molar-refractivity contribution in [3.05, 3.63) is 114 Å². The summed E-state index contributed by atoms with van der Waals surface area (Å²) in [7, 11) is 1.37. The molecule has 0 aliphatic carbocycles. The zero-order valence-corrected chi connectivity index (χ0v) is 20.2. The molecule has 0 fully saturated rings. The number of hydrogen-bond acceptors (Lipinski definition) is 5. The molecule has 3 aromatic carbocycles. The number of nitrogens with one attached hydrogen (secondary N) is 1. The highest BCUT2D eigenvalue weighted by Gasteiger charge is 2.35. The average Bonchev–Trinajstić information content (AvgIpc) is 3.53. The molecule has 1 N–H and O–H groups in total. The van der Waals surface area contributed by atoms with Crippen molar-refractivity contribution in [2.45, 2.75) is 25.3 Å². The SMILES string of the molecule is COC(=O)CCc1ccc(C(=Nc2ccc(Cn3ccnc3)cc2)C2C(=O)Nc3cc(F)ccc32)cc1. The van der Waals surface area contributed by atoms with Crippen LogP contribution in [0.25, 0.3) is 0 Å². The van der Waals surface area contributed by atoms with Gasteiger partial charge in [-0.1, -0.05) is 42.5 Å². The maximum absolute atomic E-state index is 13.8. The number of esters is 1. The molecule has 0 saturated heterocycles. The fourth-order valence-electron chi connectivity index (χ4n) is 4.40. The summed E-state index contributed by atoms with van der Waals surface area (Å²) in [4.78, 5) is 33.6. The van der Waals surface area contributed by atoms with E-state index in [0.29, 0.717) is 35.6 Å².